The number of nitrogens with zero attached hydrogens (tertiary/aromatic N) is 1. The number of methoxy groups -OCH3 is 1. The lowest BCUT2D eigenvalue weighted by Crippen LogP contribution is -2.34. The Balaban J connectivity index is 2.44. The minimum absolute atomic E-state index is 0.298. The van der Waals surface area contributed by atoms with Crippen molar-refractivity contribution in [2.24, 2.45) is 0 Å². The second-order valence-corrected chi connectivity index (χ2v) is 3.94. The first-order valence-electron chi connectivity index (χ1n) is 5.11. The third-order valence-corrected chi connectivity index (χ3v) is 2.21. The maximum absolute atomic E-state index is 12.8. The van der Waals surface area contributed by atoms with Gasteiger partial charge in [0.2, 0.25) is 5.95 Å². The Hall–Kier alpha value is -1.20. The van der Waals surface area contributed by atoms with Gasteiger partial charge in [0.1, 0.15) is 5.82 Å². The van der Waals surface area contributed by atoms with Crippen molar-refractivity contribution >= 4 is 5.82 Å². The molecule has 0 aliphatic heterocycles. The molecule has 0 aliphatic carbocycles. The molecule has 90 valence electrons. The number of ether oxygens (including phenoxy) is 1. The molecule has 4 nitrogen and oxygen atoms in total. The fourth-order valence-electron chi connectivity index (χ4n) is 1.20. The van der Waals surface area contributed by atoms with Crippen molar-refractivity contribution in [2.75, 3.05) is 25.6 Å². The van der Waals surface area contributed by atoms with Crippen LogP contribution in [0.5, 0.6) is 0 Å². The number of aromatic nitrogens is 1. The first-order chi connectivity index (χ1) is 7.53. The molecule has 1 aromatic rings. The fraction of sp³-hybridized carbons (Fsp3) is 0.545. The van der Waals surface area contributed by atoms with Gasteiger partial charge in [-0.05, 0) is 19.1 Å². The van der Waals surface area contributed by atoms with E-state index in [1.807, 2.05) is 0 Å². The molecule has 1 atom stereocenters. The Kier molecular flexibility index (Phi) is 4.64. The van der Waals surface area contributed by atoms with E-state index >= 15 is 0 Å². The standard InChI is InChI=1S/C11H17FN2O2/c1-11(15,6-7-16-2)8-13-10-5-3-4-9(12)14-10/h3-5,15H,6-8H2,1-2H3,(H,13,14). The van der Waals surface area contributed by atoms with Crippen LogP contribution in [0.4, 0.5) is 10.2 Å². The van der Waals surface area contributed by atoms with E-state index in [-0.39, 0.29) is 0 Å². The van der Waals surface area contributed by atoms with E-state index < -0.39 is 11.5 Å². The van der Waals surface area contributed by atoms with E-state index in [0.717, 1.165) is 0 Å². The Bertz CT molecular complexity index is 332. The van der Waals surface area contributed by atoms with E-state index in [1.165, 1.54) is 6.07 Å². The number of pyridine rings is 1. The highest BCUT2D eigenvalue weighted by Crippen LogP contribution is 2.11. The van der Waals surface area contributed by atoms with Crippen LogP contribution < -0.4 is 5.32 Å². The second-order valence-electron chi connectivity index (χ2n) is 3.94. The van der Waals surface area contributed by atoms with Gasteiger partial charge in [-0.1, -0.05) is 6.07 Å². The lowest BCUT2D eigenvalue weighted by Gasteiger charge is -2.23. The minimum atomic E-state index is -0.899. The van der Waals surface area contributed by atoms with Crippen LogP contribution in [-0.4, -0.2) is 36.0 Å². The molecule has 0 saturated carbocycles. The van der Waals surface area contributed by atoms with Crippen molar-refractivity contribution in [3.63, 3.8) is 0 Å². The van der Waals surface area contributed by atoms with Crippen LogP contribution >= 0.6 is 0 Å². The summed E-state index contributed by atoms with van der Waals surface area (Å²) in [5, 5.41) is 12.8. The molecule has 0 amide bonds. The molecule has 1 rings (SSSR count). The van der Waals surface area contributed by atoms with Crippen molar-refractivity contribution in [2.45, 2.75) is 18.9 Å². The molecule has 2 N–H and O–H groups in total. The van der Waals surface area contributed by atoms with Gasteiger partial charge in [0.05, 0.1) is 5.60 Å². The van der Waals surface area contributed by atoms with Gasteiger partial charge >= 0.3 is 0 Å². The summed E-state index contributed by atoms with van der Waals surface area (Å²) < 4.78 is 17.6. The van der Waals surface area contributed by atoms with E-state index in [2.05, 4.69) is 10.3 Å². The average molecular weight is 228 g/mol. The van der Waals surface area contributed by atoms with Gasteiger partial charge in [-0.15, -0.1) is 0 Å². The highest BCUT2D eigenvalue weighted by Gasteiger charge is 2.19. The smallest absolute Gasteiger partial charge is 0.214 e. The third kappa shape index (κ3) is 4.55. The predicted molar refractivity (Wildman–Crippen MR) is 59.8 cm³/mol. The first-order valence-corrected chi connectivity index (χ1v) is 5.11. The third-order valence-electron chi connectivity index (χ3n) is 2.21. The van der Waals surface area contributed by atoms with Gasteiger partial charge in [0.15, 0.2) is 0 Å². The SMILES string of the molecule is COCCC(C)(O)CNc1cccc(F)n1. The zero-order valence-electron chi connectivity index (χ0n) is 9.53. The molecule has 0 bridgehead atoms. The molecule has 0 aromatic carbocycles. The van der Waals surface area contributed by atoms with E-state index in [0.29, 0.717) is 25.4 Å². The van der Waals surface area contributed by atoms with Crippen molar-refractivity contribution in [1.82, 2.24) is 4.98 Å². The van der Waals surface area contributed by atoms with Gasteiger partial charge in [0, 0.05) is 26.7 Å². The summed E-state index contributed by atoms with van der Waals surface area (Å²) >= 11 is 0. The zero-order valence-corrected chi connectivity index (χ0v) is 9.53. The number of rotatable bonds is 6. The van der Waals surface area contributed by atoms with Crippen molar-refractivity contribution < 1.29 is 14.2 Å². The normalized spacial score (nSPS) is 14.5. The fourth-order valence-corrected chi connectivity index (χ4v) is 1.20. The van der Waals surface area contributed by atoms with Crippen LogP contribution in [-0.2, 0) is 4.74 Å². The van der Waals surface area contributed by atoms with Crippen molar-refractivity contribution in [1.29, 1.82) is 0 Å². The van der Waals surface area contributed by atoms with Crippen LogP contribution in [0.25, 0.3) is 0 Å². The number of hydrogen-bond donors (Lipinski definition) is 2. The van der Waals surface area contributed by atoms with Crippen LogP contribution in [0.3, 0.4) is 0 Å². The lowest BCUT2D eigenvalue weighted by molar-refractivity contribution is 0.0357. The van der Waals surface area contributed by atoms with Gasteiger partial charge in [-0.3, -0.25) is 0 Å². The molecule has 0 saturated heterocycles. The van der Waals surface area contributed by atoms with Crippen LogP contribution in [0.1, 0.15) is 13.3 Å². The molecule has 0 spiro atoms. The highest BCUT2D eigenvalue weighted by molar-refractivity contribution is 5.33. The molecule has 1 aromatic heterocycles. The molecular weight excluding hydrogens is 211 g/mol. The summed E-state index contributed by atoms with van der Waals surface area (Å²) in [6, 6.07) is 4.48. The zero-order chi connectivity index (χ0) is 12.0. The summed E-state index contributed by atoms with van der Waals surface area (Å²) in [4.78, 5) is 3.64. The summed E-state index contributed by atoms with van der Waals surface area (Å²) in [6.45, 7) is 2.47. The van der Waals surface area contributed by atoms with Gasteiger partial charge in [-0.25, -0.2) is 4.98 Å². The Morgan fingerprint density at radius 3 is 2.94 bits per heavy atom. The summed E-state index contributed by atoms with van der Waals surface area (Å²) in [5.41, 5.74) is -0.899. The highest BCUT2D eigenvalue weighted by atomic mass is 19.1. The van der Waals surface area contributed by atoms with Crippen LogP contribution in [0, 0.1) is 5.95 Å². The summed E-state index contributed by atoms with van der Waals surface area (Å²) in [6.07, 6.45) is 0.506. The molecule has 0 radical (unpaired) electrons. The van der Waals surface area contributed by atoms with E-state index in [1.54, 1.807) is 26.2 Å². The average Bonchev–Trinajstić information content (AvgIpc) is 2.24. The van der Waals surface area contributed by atoms with Gasteiger partial charge < -0.3 is 15.2 Å². The summed E-state index contributed by atoms with van der Waals surface area (Å²) in [7, 11) is 1.58. The van der Waals surface area contributed by atoms with Crippen LogP contribution in [0.15, 0.2) is 18.2 Å². The van der Waals surface area contributed by atoms with Crippen LogP contribution in [0.2, 0.25) is 0 Å². The quantitative estimate of drug-likeness (QED) is 0.723. The number of aliphatic hydroxyl groups is 1. The molecule has 0 fully saturated rings. The minimum Gasteiger partial charge on any atom is -0.388 e. The number of halogens is 1. The van der Waals surface area contributed by atoms with Gasteiger partial charge in [-0.2, -0.15) is 4.39 Å². The first kappa shape index (κ1) is 12.9. The number of anilines is 1. The molecule has 16 heavy (non-hydrogen) atoms. The van der Waals surface area contributed by atoms with Crippen molar-refractivity contribution in [3.05, 3.63) is 24.1 Å². The molecule has 5 heteroatoms. The molecular formula is C11H17FN2O2. The maximum Gasteiger partial charge on any atom is 0.214 e. The Morgan fingerprint density at radius 1 is 1.56 bits per heavy atom. The Labute approximate surface area is 94.5 Å². The second kappa shape index (κ2) is 5.77. The van der Waals surface area contributed by atoms with E-state index in [4.69, 9.17) is 4.74 Å². The summed E-state index contributed by atoms with van der Waals surface area (Å²) in [5.74, 6) is -0.126. The van der Waals surface area contributed by atoms with Crippen molar-refractivity contribution in [3.8, 4) is 0 Å². The number of nitrogens with one attached hydrogen (secondary N) is 1. The van der Waals surface area contributed by atoms with E-state index in [9.17, 15) is 9.50 Å². The largest absolute Gasteiger partial charge is 0.388 e. The molecule has 1 unspecified atom stereocenters. The maximum atomic E-state index is 12.8. The lowest BCUT2D eigenvalue weighted by atomic mass is 10.0. The Morgan fingerprint density at radius 2 is 2.31 bits per heavy atom. The monoisotopic (exact) mass is 228 g/mol. The number of hydrogen-bond acceptors (Lipinski definition) is 4. The predicted octanol–water partition coefficient (Wildman–Crippen LogP) is 1.42. The van der Waals surface area contributed by atoms with Gasteiger partial charge in [0.25, 0.3) is 0 Å². The molecule has 0 aliphatic rings. The topological polar surface area (TPSA) is 54.4 Å². The molecule has 1 heterocycles.